The predicted molar refractivity (Wildman–Crippen MR) is 81.6 cm³/mol. The maximum atomic E-state index is 12.5. The summed E-state index contributed by atoms with van der Waals surface area (Å²) < 4.78 is 25.1. The minimum absolute atomic E-state index is 0.301. The first-order valence-corrected chi connectivity index (χ1v) is 8.18. The monoisotopic (exact) mass is 301 g/mol. The van der Waals surface area contributed by atoms with E-state index in [9.17, 15) is 8.42 Å². The van der Waals surface area contributed by atoms with Crippen LogP contribution in [0.2, 0.25) is 0 Å². The lowest BCUT2D eigenvalue weighted by Gasteiger charge is -2.12. The van der Waals surface area contributed by atoms with Crippen LogP contribution in [0.1, 0.15) is 13.8 Å². The Morgan fingerprint density at radius 1 is 1.10 bits per heavy atom. The Morgan fingerprint density at radius 2 is 1.86 bits per heavy atom. The van der Waals surface area contributed by atoms with Gasteiger partial charge in [-0.2, -0.15) is 0 Å². The van der Waals surface area contributed by atoms with Crippen molar-refractivity contribution in [2.75, 3.05) is 0 Å². The number of nitrogens with one attached hydrogen (secondary N) is 1. The van der Waals surface area contributed by atoms with E-state index in [1.807, 2.05) is 12.1 Å². The van der Waals surface area contributed by atoms with Crippen LogP contribution >= 0.6 is 0 Å². The highest BCUT2D eigenvalue weighted by molar-refractivity contribution is 7.92. The average Bonchev–Trinajstić information content (AvgIpc) is 2.95. The number of nitrogens with zero attached hydrogens (tertiary/aromatic N) is 2. The highest BCUT2D eigenvalue weighted by Gasteiger charge is 2.24. The minimum atomic E-state index is -3.38. The lowest BCUT2D eigenvalue weighted by Crippen LogP contribution is -2.15. The smallest absolute Gasteiger partial charge is 0.181 e. The fraction of sp³-hybridized carbons (Fsp3) is 0.200. The molecule has 3 rings (SSSR count). The molecule has 0 saturated carbocycles. The van der Waals surface area contributed by atoms with Gasteiger partial charge in [0.15, 0.2) is 9.84 Å². The molecule has 0 bridgehead atoms. The molecular formula is C15H15N3O2S. The van der Waals surface area contributed by atoms with Crippen molar-refractivity contribution in [2.24, 2.45) is 0 Å². The van der Waals surface area contributed by atoms with Gasteiger partial charge in [0.1, 0.15) is 6.33 Å². The Hall–Kier alpha value is -2.21. The molecule has 2 heterocycles. The Bertz CT molecular complexity index is 898. The van der Waals surface area contributed by atoms with Crippen molar-refractivity contribution in [3.63, 3.8) is 0 Å². The van der Waals surface area contributed by atoms with Crippen molar-refractivity contribution in [3.8, 4) is 11.3 Å². The number of benzene rings is 1. The number of fused-ring (bicyclic) bond motifs is 1. The van der Waals surface area contributed by atoms with Gasteiger partial charge in [0.2, 0.25) is 0 Å². The second-order valence-corrected chi connectivity index (χ2v) is 7.52. The van der Waals surface area contributed by atoms with Crippen molar-refractivity contribution < 1.29 is 8.42 Å². The van der Waals surface area contributed by atoms with E-state index in [1.54, 1.807) is 38.2 Å². The van der Waals surface area contributed by atoms with E-state index < -0.39 is 15.1 Å². The van der Waals surface area contributed by atoms with Crippen LogP contribution in [-0.4, -0.2) is 28.6 Å². The molecule has 108 valence electrons. The molecule has 0 atom stereocenters. The van der Waals surface area contributed by atoms with Gasteiger partial charge in [-0.3, -0.25) is 0 Å². The summed E-state index contributed by atoms with van der Waals surface area (Å²) in [5.41, 5.74) is 2.70. The SMILES string of the molecule is CC(C)S(=O)(=O)c1ccccc1-c1ncnc2cc[nH]c12. The fourth-order valence-corrected chi connectivity index (χ4v) is 3.49. The van der Waals surface area contributed by atoms with Crippen LogP contribution in [0, 0.1) is 0 Å². The maximum absolute atomic E-state index is 12.5. The molecule has 0 saturated heterocycles. The van der Waals surface area contributed by atoms with Crippen molar-refractivity contribution in [1.82, 2.24) is 15.0 Å². The number of hydrogen-bond donors (Lipinski definition) is 1. The van der Waals surface area contributed by atoms with Gasteiger partial charge in [-0.15, -0.1) is 0 Å². The number of hydrogen-bond acceptors (Lipinski definition) is 4. The predicted octanol–water partition coefficient (Wildman–Crippen LogP) is 2.81. The van der Waals surface area contributed by atoms with Crippen LogP contribution in [0.5, 0.6) is 0 Å². The van der Waals surface area contributed by atoms with Gasteiger partial charge in [0.25, 0.3) is 0 Å². The number of aromatic amines is 1. The van der Waals surface area contributed by atoms with E-state index in [1.165, 1.54) is 6.33 Å². The standard InChI is InChI=1S/C15H15N3O2S/c1-10(2)21(19,20)13-6-4-3-5-11(13)14-15-12(7-8-16-15)17-9-18-14/h3-10,16H,1-2H3. The third kappa shape index (κ3) is 2.21. The van der Waals surface area contributed by atoms with Crippen LogP contribution in [-0.2, 0) is 9.84 Å². The van der Waals surface area contributed by atoms with E-state index in [-0.39, 0.29) is 0 Å². The first kappa shape index (κ1) is 13.8. The van der Waals surface area contributed by atoms with Gasteiger partial charge in [-0.25, -0.2) is 18.4 Å². The van der Waals surface area contributed by atoms with E-state index in [0.717, 1.165) is 11.0 Å². The molecule has 3 aromatic rings. The van der Waals surface area contributed by atoms with E-state index in [0.29, 0.717) is 16.2 Å². The van der Waals surface area contributed by atoms with Gasteiger partial charge < -0.3 is 4.98 Å². The minimum Gasteiger partial charge on any atom is -0.358 e. The maximum Gasteiger partial charge on any atom is 0.181 e. The van der Waals surface area contributed by atoms with E-state index >= 15 is 0 Å². The highest BCUT2D eigenvalue weighted by atomic mass is 32.2. The number of aromatic nitrogens is 3. The molecule has 2 aromatic heterocycles. The molecule has 6 heteroatoms. The first-order chi connectivity index (χ1) is 10.0. The average molecular weight is 301 g/mol. The zero-order valence-electron chi connectivity index (χ0n) is 11.7. The summed E-state index contributed by atoms with van der Waals surface area (Å²) in [6.45, 7) is 3.35. The Kier molecular flexibility index (Phi) is 3.25. The second-order valence-electron chi connectivity index (χ2n) is 5.05. The third-order valence-electron chi connectivity index (χ3n) is 3.41. The number of sulfone groups is 1. The normalized spacial score (nSPS) is 12.1. The van der Waals surface area contributed by atoms with Crippen molar-refractivity contribution in [3.05, 3.63) is 42.9 Å². The summed E-state index contributed by atoms with van der Waals surface area (Å²) in [4.78, 5) is 11.8. The largest absolute Gasteiger partial charge is 0.358 e. The summed E-state index contributed by atoms with van der Waals surface area (Å²) in [6, 6.07) is 8.77. The van der Waals surface area contributed by atoms with Crippen LogP contribution in [0.4, 0.5) is 0 Å². The second kappa shape index (κ2) is 4.96. The molecule has 0 radical (unpaired) electrons. The Labute approximate surface area is 123 Å². The summed E-state index contributed by atoms with van der Waals surface area (Å²) >= 11 is 0. The van der Waals surface area contributed by atoms with Gasteiger partial charge in [0, 0.05) is 11.8 Å². The van der Waals surface area contributed by atoms with Gasteiger partial charge in [0.05, 0.1) is 26.9 Å². The van der Waals surface area contributed by atoms with Gasteiger partial charge in [-0.05, 0) is 26.0 Å². The fourth-order valence-electron chi connectivity index (χ4n) is 2.24. The summed E-state index contributed by atoms with van der Waals surface area (Å²) in [6.07, 6.45) is 3.21. The van der Waals surface area contributed by atoms with Crippen LogP contribution < -0.4 is 0 Å². The van der Waals surface area contributed by atoms with Gasteiger partial charge >= 0.3 is 0 Å². The summed E-state index contributed by atoms with van der Waals surface area (Å²) in [7, 11) is -3.38. The quantitative estimate of drug-likeness (QED) is 0.807. The molecule has 21 heavy (non-hydrogen) atoms. The van der Waals surface area contributed by atoms with Crippen LogP contribution in [0.3, 0.4) is 0 Å². The van der Waals surface area contributed by atoms with E-state index in [2.05, 4.69) is 15.0 Å². The molecule has 0 aliphatic carbocycles. The molecule has 0 fully saturated rings. The number of H-pyrrole nitrogens is 1. The molecule has 1 N–H and O–H groups in total. The first-order valence-electron chi connectivity index (χ1n) is 6.63. The lowest BCUT2D eigenvalue weighted by molar-refractivity contribution is 0.587. The lowest BCUT2D eigenvalue weighted by atomic mass is 10.1. The Morgan fingerprint density at radius 3 is 2.62 bits per heavy atom. The van der Waals surface area contributed by atoms with Crippen molar-refractivity contribution in [2.45, 2.75) is 24.0 Å². The molecule has 0 aliphatic rings. The van der Waals surface area contributed by atoms with Crippen LogP contribution in [0.15, 0.2) is 47.8 Å². The van der Waals surface area contributed by atoms with Crippen LogP contribution in [0.25, 0.3) is 22.3 Å². The molecule has 1 aromatic carbocycles. The summed E-state index contributed by atoms with van der Waals surface area (Å²) in [5, 5.41) is -0.486. The molecular weight excluding hydrogens is 286 g/mol. The highest BCUT2D eigenvalue weighted by Crippen LogP contribution is 2.31. The molecule has 0 spiro atoms. The molecule has 0 amide bonds. The zero-order chi connectivity index (χ0) is 15.0. The van der Waals surface area contributed by atoms with Crippen molar-refractivity contribution in [1.29, 1.82) is 0 Å². The van der Waals surface area contributed by atoms with Gasteiger partial charge in [-0.1, -0.05) is 18.2 Å². The summed E-state index contributed by atoms with van der Waals surface area (Å²) in [5.74, 6) is 0. The van der Waals surface area contributed by atoms with Crippen molar-refractivity contribution >= 4 is 20.9 Å². The van der Waals surface area contributed by atoms with E-state index in [4.69, 9.17) is 0 Å². The molecule has 0 aliphatic heterocycles. The number of rotatable bonds is 3. The zero-order valence-corrected chi connectivity index (χ0v) is 12.6. The topological polar surface area (TPSA) is 75.7 Å². The third-order valence-corrected chi connectivity index (χ3v) is 5.63. The molecule has 0 unspecified atom stereocenters. The molecule has 5 nitrogen and oxygen atoms in total. The Balaban J connectivity index is 2.32.